The monoisotopic (exact) mass is 206 g/mol. The van der Waals surface area contributed by atoms with E-state index in [4.69, 9.17) is 10.2 Å². The summed E-state index contributed by atoms with van der Waals surface area (Å²) in [5, 5.41) is 17.0. The van der Waals surface area contributed by atoms with Gasteiger partial charge in [0.1, 0.15) is 0 Å². The van der Waals surface area contributed by atoms with Crippen LogP contribution < -0.4 is 0 Å². The third-order valence-electron chi connectivity index (χ3n) is 1.81. The fourth-order valence-electron chi connectivity index (χ4n) is 1.08. The van der Waals surface area contributed by atoms with E-state index in [2.05, 4.69) is 0 Å². The second-order valence-electron chi connectivity index (χ2n) is 2.95. The van der Waals surface area contributed by atoms with Gasteiger partial charge in [0.25, 0.3) is 0 Å². The first-order valence-electron chi connectivity index (χ1n) is 4.31. The molecular weight excluding hydrogens is 196 g/mol. The van der Waals surface area contributed by atoms with Crippen molar-refractivity contribution in [3.63, 3.8) is 0 Å². The molecule has 0 atom stereocenters. The van der Waals surface area contributed by atoms with Gasteiger partial charge in [-0.3, -0.25) is 0 Å². The van der Waals surface area contributed by atoms with E-state index in [1.165, 1.54) is 18.2 Å². The number of carboxylic acid groups (broad SMARTS) is 2. The van der Waals surface area contributed by atoms with Crippen LogP contribution in [0, 0.1) is 0 Å². The smallest absolute Gasteiger partial charge is 0.335 e. The molecule has 0 aromatic heterocycles. The maximum atomic E-state index is 10.5. The van der Waals surface area contributed by atoms with Gasteiger partial charge in [-0.25, -0.2) is 9.59 Å². The Morgan fingerprint density at radius 3 is 2.20 bits per heavy atom. The van der Waals surface area contributed by atoms with Crippen LogP contribution in [-0.4, -0.2) is 22.2 Å². The second kappa shape index (κ2) is 4.95. The number of aromatic carboxylic acids is 1. The van der Waals surface area contributed by atoms with Crippen LogP contribution in [0.1, 0.15) is 15.9 Å². The summed E-state index contributed by atoms with van der Waals surface area (Å²) in [4.78, 5) is 20.7. The summed E-state index contributed by atoms with van der Waals surface area (Å²) in [7, 11) is 0. The van der Waals surface area contributed by atoms with Crippen molar-refractivity contribution in [2.24, 2.45) is 0 Å². The minimum atomic E-state index is -0.989. The molecule has 0 saturated carbocycles. The molecular formula is C11H10O4. The Balaban J connectivity index is 2.65. The van der Waals surface area contributed by atoms with Gasteiger partial charge < -0.3 is 10.2 Å². The molecule has 0 fully saturated rings. The minimum absolute atomic E-state index is 0.223. The van der Waals surface area contributed by atoms with Gasteiger partial charge in [0.05, 0.1) is 5.56 Å². The zero-order valence-electron chi connectivity index (χ0n) is 7.88. The summed E-state index contributed by atoms with van der Waals surface area (Å²) in [5.74, 6) is -1.96. The largest absolute Gasteiger partial charge is 0.478 e. The number of carbonyl (C=O) groups is 2. The average molecular weight is 206 g/mol. The van der Waals surface area contributed by atoms with Gasteiger partial charge in [-0.15, -0.1) is 0 Å². The first-order chi connectivity index (χ1) is 7.09. The van der Waals surface area contributed by atoms with E-state index < -0.39 is 11.9 Å². The maximum Gasteiger partial charge on any atom is 0.335 e. The topological polar surface area (TPSA) is 74.6 Å². The molecule has 1 aromatic carbocycles. The number of allylic oxidation sites excluding steroid dienone is 1. The molecule has 0 radical (unpaired) electrons. The van der Waals surface area contributed by atoms with Crippen LogP contribution in [0.4, 0.5) is 0 Å². The van der Waals surface area contributed by atoms with E-state index in [1.807, 2.05) is 0 Å². The molecule has 1 aromatic rings. The van der Waals surface area contributed by atoms with E-state index >= 15 is 0 Å². The molecule has 0 unspecified atom stereocenters. The first-order valence-corrected chi connectivity index (χ1v) is 4.31. The van der Waals surface area contributed by atoms with Crippen molar-refractivity contribution in [1.29, 1.82) is 0 Å². The molecule has 0 aliphatic heterocycles. The summed E-state index contributed by atoms with van der Waals surface area (Å²) < 4.78 is 0. The van der Waals surface area contributed by atoms with E-state index in [1.54, 1.807) is 12.1 Å². The lowest BCUT2D eigenvalue weighted by atomic mass is 10.1. The highest BCUT2D eigenvalue weighted by Crippen LogP contribution is 2.05. The lowest BCUT2D eigenvalue weighted by molar-refractivity contribution is -0.131. The zero-order valence-corrected chi connectivity index (χ0v) is 7.88. The molecule has 0 aliphatic carbocycles. The van der Waals surface area contributed by atoms with Crippen molar-refractivity contribution in [3.05, 3.63) is 47.5 Å². The van der Waals surface area contributed by atoms with Gasteiger partial charge in [0.15, 0.2) is 0 Å². The fraction of sp³-hybridized carbons (Fsp3) is 0.0909. The summed E-state index contributed by atoms with van der Waals surface area (Å²) in [6.45, 7) is 0. The minimum Gasteiger partial charge on any atom is -0.478 e. The summed E-state index contributed by atoms with van der Waals surface area (Å²) >= 11 is 0. The van der Waals surface area contributed by atoms with Crippen LogP contribution in [0.25, 0.3) is 0 Å². The van der Waals surface area contributed by atoms with Gasteiger partial charge in [0.2, 0.25) is 0 Å². The van der Waals surface area contributed by atoms with Gasteiger partial charge in [0, 0.05) is 6.08 Å². The number of hydrogen-bond donors (Lipinski definition) is 2. The highest BCUT2D eigenvalue weighted by atomic mass is 16.4. The third-order valence-corrected chi connectivity index (χ3v) is 1.81. The molecule has 4 heteroatoms. The molecule has 2 N–H and O–H groups in total. The van der Waals surface area contributed by atoms with Crippen molar-refractivity contribution in [2.45, 2.75) is 6.42 Å². The van der Waals surface area contributed by atoms with Crippen LogP contribution in [0.15, 0.2) is 36.4 Å². The highest BCUT2D eigenvalue weighted by molar-refractivity contribution is 5.87. The van der Waals surface area contributed by atoms with Crippen molar-refractivity contribution in [3.8, 4) is 0 Å². The van der Waals surface area contributed by atoms with Gasteiger partial charge in [-0.2, -0.15) is 0 Å². The standard InChI is InChI=1S/C11H10O4/c12-10(13)3-1-2-8-4-6-9(7-5-8)11(14)15/h1,3-7H,2H2,(H,12,13)(H,14,15). The van der Waals surface area contributed by atoms with Gasteiger partial charge in [-0.1, -0.05) is 18.2 Å². The van der Waals surface area contributed by atoms with Crippen LogP contribution in [0.2, 0.25) is 0 Å². The Labute approximate surface area is 86.5 Å². The first kappa shape index (κ1) is 11.0. The summed E-state index contributed by atoms with van der Waals surface area (Å²) in [6, 6.07) is 6.31. The van der Waals surface area contributed by atoms with E-state index in [0.29, 0.717) is 6.42 Å². The number of aliphatic carboxylic acids is 1. The van der Waals surface area contributed by atoms with E-state index in [-0.39, 0.29) is 5.56 Å². The molecule has 0 bridgehead atoms. The highest BCUT2D eigenvalue weighted by Gasteiger charge is 2.00. The Morgan fingerprint density at radius 1 is 1.13 bits per heavy atom. The van der Waals surface area contributed by atoms with Crippen LogP contribution >= 0.6 is 0 Å². The number of carboxylic acids is 2. The second-order valence-corrected chi connectivity index (χ2v) is 2.95. The predicted octanol–water partition coefficient (Wildman–Crippen LogP) is 1.57. The van der Waals surface area contributed by atoms with Crippen LogP contribution in [-0.2, 0) is 11.2 Å². The third kappa shape index (κ3) is 3.64. The Bertz CT molecular complexity index is 390. The Morgan fingerprint density at radius 2 is 1.73 bits per heavy atom. The van der Waals surface area contributed by atoms with E-state index in [0.717, 1.165) is 11.6 Å². The van der Waals surface area contributed by atoms with E-state index in [9.17, 15) is 9.59 Å². The number of rotatable bonds is 4. The van der Waals surface area contributed by atoms with Crippen LogP contribution in [0.5, 0.6) is 0 Å². The molecule has 0 amide bonds. The van der Waals surface area contributed by atoms with Crippen molar-refractivity contribution in [1.82, 2.24) is 0 Å². The Kier molecular flexibility index (Phi) is 3.62. The molecule has 0 heterocycles. The maximum absolute atomic E-state index is 10.5. The Hall–Kier alpha value is -2.10. The lowest BCUT2D eigenvalue weighted by Gasteiger charge is -1.97. The normalized spacial score (nSPS) is 10.4. The zero-order chi connectivity index (χ0) is 11.3. The summed E-state index contributed by atoms with van der Waals surface area (Å²) in [5.41, 5.74) is 1.10. The van der Waals surface area contributed by atoms with Crippen molar-refractivity contribution >= 4 is 11.9 Å². The summed E-state index contributed by atoms with van der Waals surface area (Å²) in [6.07, 6.45) is 3.05. The molecule has 0 aliphatic rings. The quantitative estimate of drug-likeness (QED) is 0.733. The van der Waals surface area contributed by atoms with Crippen molar-refractivity contribution in [2.75, 3.05) is 0 Å². The number of hydrogen-bond acceptors (Lipinski definition) is 2. The molecule has 4 nitrogen and oxygen atoms in total. The molecule has 0 spiro atoms. The lowest BCUT2D eigenvalue weighted by Crippen LogP contribution is -1.95. The molecule has 78 valence electrons. The van der Waals surface area contributed by atoms with Crippen molar-refractivity contribution < 1.29 is 19.8 Å². The average Bonchev–Trinajstić information content (AvgIpc) is 2.18. The molecule has 15 heavy (non-hydrogen) atoms. The predicted molar refractivity (Wildman–Crippen MR) is 53.9 cm³/mol. The SMILES string of the molecule is O=C(O)C=CCc1ccc(C(=O)O)cc1. The number of benzene rings is 1. The van der Waals surface area contributed by atoms with Crippen LogP contribution in [0.3, 0.4) is 0 Å². The molecule has 1 rings (SSSR count). The van der Waals surface area contributed by atoms with Gasteiger partial charge >= 0.3 is 11.9 Å². The van der Waals surface area contributed by atoms with Gasteiger partial charge in [-0.05, 0) is 24.1 Å². The fourth-order valence-corrected chi connectivity index (χ4v) is 1.08. The molecule has 0 saturated heterocycles.